The monoisotopic (exact) mass is 272 g/mol. The first-order valence-corrected chi connectivity index (χ1v) is 7.22. The first kappa shape index (κ1) is 13.1. The van der Waals surface area contributed by atoms with Crippen LogP contribution in [0.3, 0.4) is 0 Å². The maximum atomic E-state index is 11.6. The van der Waals surface area contributed by atoms with Crippen LogP contribution in [0, 0.1) is 0 Å². The fraction of sp³-hybridized carbons (Fsp3) is 0.467. The van der Waals surface area contributed by atoms with Crippen molar-refractivity contribution in [1.82, 2.24) is 14.9 Å². The number of aromatic nitrogens is 2. The number of nitrogens with two attached hydrogens (primary N) is 1. The molecule has 1 aliphatic rings. The average Bonchev–Trinajstić information content (AvgIpc) is 2.86. The second-order valence-corrected chi connectivity index (χ2v) is 5.28. The number of primary amides is 1. The third kappa shape index (κ3) is 2.08. The van der Waals surface area contributed by atoms with Gasteiger partial charge in [-0.1, -0.05) is 6.07 Å². The first-order valence-electron chi connectivity index (χ1n) is 7.22. The molecule has 2 aromatic rings. The molecule has 0 saturated carbocycles. The van der Waals surface area contributed by atoms with Crippen LogP contribution in [0.1, 0.15) is 41.9 Å². The average molecular weight is 272 g/mol. The molecule has 106 valence electrons. The third-order valence-corrected chi connectivity index (χ3v) is 4.09. The van der Waals surface area contributed by atoms with Gasteiger partial charge in [0.05, 0.1) is 11.1 Å². The Hall–Kier alpha value is -1.88. The highest BCUT2D eigenvalue weighted by molar-refractivity contribution is 6.04. The summed E-state index contributed by atoms with van der Waals surface area (Å²) in [5.74, 6) is 1.15. The normalized spacial score (nSPS) is 16.6. The highest BCUT2D eigenvalue weighted by atomic mass is 16.1. The minimum atomic E-state index is -0.409. The molecule has 0 bridgehead atoms. The van der Waals surface area contributed by atoms with E-state index in [1.807, 2.05) is 12.1 Å². The zero-order chi connectivity index (χ0) is 14.1. The van der Waals surface area contributed by atoms with E-state index in [9.17, 15) is 4.79 Å². The Balaban J connectivity index is 2.16. The number of para-hydroxylation sites is 1. The Kier molecular flexibility index (Phi) is 3.44. The number of imidazole rings is 1. The van der Waals surface area contributed by atoms with Crippen LogP contribution < -0.4 is 11.1 Å². The van der Waals surface area contributed by atoms with Crippen LogP contribution in [-0.4, -0.2) is 28.5 Å². The number of piperidine rings is 1. The van der Waals surface area contributed by atoms with Crippen LogP contribution >= 0.6 is 0 Å². The lowest BCUT2D eigenvalue weighted by Gasteiger charge is -2.22. The standard InChI is InChI=1S/C15H20N4O/c1-2-19-12-5-3-4-11(14(16)20)13(12)18-15(19)10-6-8-17-9-7-10/h3-5,10,17H,2,6-9H2,1H3,(H2,16,20). The van der Waals surface area contributed by atoms with Gasteiger partial charge in [-0.3, -0.25) is 4.79 Å². The van der Waals surface area contributed by atoms with Gasteiger partial charge in [-0.2, -0.15) is 0 Å². The van der Waals surface area contributed by atoms with Gasteiger partial charge in [-0.05, 0) is 45.0 Å². The highest BCUT2D eigenvalue weighted by Crippen LogP contribution is 2.29. The lowest BCUT2D eigenvalue weighted by Crippen LogP contribution is -2.28. The Morgan fingerprint density at radius 3 is 2.85 bits per heavy atom. The molecule has 1 aromatic carbocycles. The van der Waals surface area contributed by atoms with E-state index in [2.05, 4.69) is 16.8 Å². The summed E-state index contributed by atoms with van der Waals surface area (Å²) >= 11 is 0. The molecule has 1 aromatic heterocycles. The molecule has 0 aliphatic carbocycles. The zero-order valence-corrected chi connectivity index (χ0v) is 11.7. The van der Waals surface area contributed by atoms with Crippen molar-refractivity contribution in [3.05, 3.63) is 29.6 Å². The summed E-state index contributed by atoms with van der Waals surface area (Å²) in [6.07, 6.45) is 2.18. The maximum Gasteiger partial charge on any atom is 0.250 e. The molecule has 0 radical (unpaired) electrons. The fourth-order valence-electron chi connectivity index (χ4n) is 3.09. The molecular weight excluding hydrogens is 252 g/mol. The van der Waals surface area contributed by atoms with E-state index in [-0.39, 0.29) is 0 Å². The van der Waals surface area contributed by atoms with Crippen molar-refractivity contribution in [2.75, 3.05) is 13.1 Å². The Labute approximate surface area is 118 Å². The number of nitrogens with one attached hydrogen (secondary N) is 1. The van der Waals surface area contributed by atoms with Crippen LogP contribution in [0.4, 0.5) is 0 Å². The number of carbonyl (C=O) groups is 1. The Morgan fingerprint density at radius 1 is 1.45 bits per heavy atom. The molecule has 1 saturated heterocycles. The van der Waals surface area contributed by atoms with Crippen molar-refractivity contribution in [3.63, 3.8) is 0 Å². The van der Waals surface area contributed by atoms with Gasteiger partial charge >= 0.3 is 0 Å². The number of rotatable bonds is 3. The molecule has 3 N–H and O–H groups in total. The van der Waals surface area contributed by atoms with Crippen molar-refractivity contribution in [2.45, 2.75) is 32.2 Å². The van der Waals surface area contributed by atoms with E-state index in [0.717, 1.165) is 49.3 Å². The predicted octanol–water partition coefficient (Wildman–Crippen LogP) is 1.62. The zero-order valence-electron chi connectivity index (χ0n) is 11.7. The summed E-state index contributed by atoms with van der Waals surface area (Å²) < 4.78 is 2.22. The summed E-state index contributed by atoms with van der Waals surface area (Å²) in [6.45, 7) is 5.03. The number of fused-ring (bicyclic) bond motifs is 1. The molecule has 2 heterocycles. The van der Waals surface area contributed by atoms with E-state index < -0.39 is 5.91 Å². The van der Waals surface area contributed by atoms with E-state index in [4.69, 9.17) is 10.7 Å². The number of hydrogen-bond acceptors (Lipinski definition) is 3. The van der Waals surface area contributed by atoms with Crippen molar-refractivity contribution in [2.24, 2.45) is 5.73 Å². The summed E-state index contributed by atoms with van der Waals surface area (Å²) in [7, 11) is 0. The van der Waals surface area contributed by atoms with E-state index in [0.29, 0.717) is 11.5 Å². The second kappa shape index (κ2) is 5.25. The number of hydrogen-bond donors (Lipinski definition) is 2. The molecule has 0 unspecified atom stereocenters. The molecule has 20 heavy (non-hydrogen) atoms. The van der Waals surface area contributed by atoms with Gasteiger partial charge in [0, 0.05) is 12.5 Å². The van der Waals surface area contributed by atoms with Gasteiger partial charge in [0.25, 0.3) is 5.91 Å². The largest absolute Gasteiger partial charge is 0.366 e. The minimum Gasteiger partial charge on any atom is -0.366 e. The molecule has 0 atom stereocenters. The molecule has 0 spiro atoms. The minimum absolute atomic E-state index is 0.409. The maximum absolute atomic E-state index is 11.6. The summed E-state index contributed by atoms with van der Waals surface area (Å²) in [5.41, 5.74) is 7.74. The fourth-order valence-corrected chi connectivity index (χ4v) is 3.09. The molecule has 1 fully saturated rings. The lowest BCUT2D eigenvalue weighted by molar-refractivity contribution is 0.100. The molecule has 1 amide bonds. The number of amides is 1. The SMILES string of the molecule is CCn1c(C2CCNCC2)nc2c(C(N)=O)cccc21. The van der Waals surface area contributed by atoms with Crippen LogP contribution in [0.25, 0.3) is 11.0 Å². The van der Waals surface area contributed by atoms with Gasteiger partial charge in [0.15, 0.2) is 0 Å². The Bertz CT molecular complexity index is 641. The van der Waals surface area contributed by atoms with Gasteiger partial charge < -0.3 is 15.6 Å². The summed E-state index contributed by atoms with van der Waals surface area (Å²) in [5, 5.41) is 3.37. The van der Waals surface area contributed by atoms with Crippen LogP contribution in [0.5, 0.6) is 0 Å². The Morgan fingerprint density at radius 2 is 2.20 bits per heavy atom. The predicted molar refractivity (Wildman–Crippen MR) is 78.8 cm³/mol. The smallest absolute Gasteiger partial charge is 0.250 e. The second-order valence-electron chi connectivity index (χ2n) is 5.28. The van der Waals surface area contributed by atoms with Crippen LogP contribution in [-0.2, 0) is 6.54 Å². The van der Waals surface area contributed by atoms with Crippen LogP contribution in [0.2, 0.25) is 0 Å². The van der Waals surface area contributed by atoms with Crippen molar-refractivity contribution >= 4 is 16.9 Å². The number of carbonyl (C=O) groups excluding carboxylic acids is 1. The summed E-state index contributed by atoms with van der Waals surface area (Å²) in [4.78, 5) is 16.3. The van der Waals surface area contributed by atoms with Crippen molar-refractivity contribution in [3.8, 4) is 0 Å². The van der Waals surface area contributed by atoms with E-state index in [1.165, 1.54) is 0 Å². The van der Waals surface area contributed by atoms with Gasteiger partial charge in [0.1, 0.15) is 11.3 Å². The summed E-state index contributed by atoms with van der Waals surface area (Å²) in [6, 6.07) is 5.65. The van der Waals surface area contributed by atoms with Gasteiger partial charge in [0.2, 0.25) is 0 Å². The molecule has 3 rings (SSSR count). The third-order valence-electron chi connectivity index (χ3n) is 4.09. The van der Waals surface area contributed by atoms with Crippen molar-refractivity contribution in [1.29, 1.82) is 0 Å². The first-order chi connectivity index (χ1) is 9.72. The van der Waals surface area contributed by atoms with Gasteiger partial charge in [-0.25, -0.2) is 4.98 Å². The van der Waals surface area contributed by atoms with Gasteiger partial charge in [-0.15, -0.1) is 0 Å². The molecule has 5 heteroatoms. The quantitative estimate of drug-likeness (QED) is 0.891. The number of aryl methyl sites for hydroxylation is 1. The van der Waals surface area contributed by atoms with Crippen LogP contribution in [0.15, 0.2) is 18.2 Å². The molecule has 1 aliphatic heterocycles. The molecule has 5 nitrogen and oxygen atoms in total. The highest BCUT2D eigenvalue weighted by Gasteiger charge is 2.23. The number of nitrogens with zero attached hydrogens (tertiary/aromatic N) is 2. The van der Waals surface area contributed by atoms with Crippen molar-refractivity contribution < 1.29 is 4.79 Å². The topological polar surface area (TPSA) is 72.9 Å². The number of benzene rings is 1. The lowest BCUT2D eigenvalue weighted by atomic mass is 9.97. The van der Waals surface area contributed by atoms with E-state index in [1.54, 1.807) is 6.07 Å². The molecular formula is C15H20N4O. The van der Waals surface area contributed by atoms with E-state index >= 15 is 0 Å².